The van der Waals surface area contributed by atoms with E-state index < -0.39 is 0 Å². The Kier molecular flexibility index (Phi) is 6.16. The molecule has 0 bridgehead atoms. The van der Waals surface area contributed by atoms with Gasteiger partial charge in [0.15, 0.2) is 0 Å². The summed E-state index contributed by atoms with van der Waals surface area (Å²) in [5.41, 5.74) is 1.02. The van der Waals surface area contributed by atoms with Crippen LogP contribution in [0.2, 0.25) is 0 Å². The Hall–Kier alpha value is -1.88. The Morgan fingerprint density at radius 2 is 2.00 bits per heavy atom. The van der Waals surface area contributed by atoms with Gasteiger partial charge in [0.05, 0.1) is 12.0 Å². The molecule has 1 aromatic rings. The van der Waals surface area contributed by atoms with Gasteiger partial charge in [-0.1, -0.05) is 30.3 Å². The normalized spacial score (nSPS) is 21.6. The van der Waals surface area contributed by atoms with E-state index in [1.165, 1.54) is 0 Å². The van der Waals surface area contributed by atoms with E-state index in [0.29, 0.717) is 19.4 Å². The van der Waals surface area contributed by atoms with Crippen molar-refractivity contribution in [1.82, 2.24) is 15.1 Å². The molecule has 126 valence electrons. The van der Waals surface area contributed by atoms with Crippen molar-refractivity contribution in [1.29, 1.82) is 0 Å². The number of nitrogens with one attached hydrogen (secondary N) is 1. The highest BCUT2D eigenvalue weighted by Crippen LogP contribution is 2.35. The standard InChI is InChI=1S/C18H27N3O2/c1-20(2)13-7-12-19-18(23)15-10-11-16(22)21(3)17(15)14-8-5-4-6-9-14/h4-6,8-9,15,17H,7,10-13H2,1-3H3,(H,19,23)/t15-,17+/m0/s1. The van der Waals surface area contributed by atoms with Crippen LogP contribution < -0.4 is 5.32 Å². The number of hydrogen-bond donors (Lipinski definition) is 1. The summed E-state index contributed by atoms with van der Waals surface area (Å²) >= 11 is 0. The average molecular weight is 317 g/mol. The van der Waals surface area contributed by atoms with Gasteiger partial charge in [-0.15, -0.1) is 0 Å². The van der Waals surface area contributed by atoms with E-state index in [9.17, 15) is 9.59 Å². The number of carbonyl (C=O) groups is 2. The smallest absolute Gasteiger partial charge is 0.225 e. The van der Waals surface area contributed by atoms with Crippen LogP contribution in [0, 0.1) is 5.92 Å². The molecule has 0 radical (unpaired) electrons. The molecule has 0 aliphatic carbocycles. The van der Waals surface area contributed by atoms with E-state index in [-0.39, 0.29) is 23.8 Å². The van der Waals surface area contributed by atoms with Gasteiger partial charge in [-0.05, 0) is 39.0 Å². The second-order valence-corrected chi connectivity index (χ2v) is 6.45. The molecule has 23 heavy (non-hydrogen) atoms. The number of benzene rings is 1. The average Bonchev–Trinajstić information content (AvgIpc) is 2.54. The number of amides is 2. The third-order valence-electron chi connectivity index (χ3n) is 4.42. The molecule has 2 atom stereocenters. The zero-order valence-corrected chi connectivity index (χ0v) is 14.3. The molecule has 0 unspecified atom stereocenters. The van der Waals surface area contributed by atoms with Crippen LogP contribution in [0.25, 0.3) is 0 Å². The number of likely N-dealkylation sites (tertiary alicyclic amines) is 1. The monoisotopic (exact) mass is 317 g/mol. The summed E-state index contributed by atoms with van der Waals surface area (Å²) in [6.07, 6.45) is 1.98. The molecule has 1 heterocycles. The van der Waals surface area contributed by atoms with Crippen molar-refractivity contribution in [2.45, 2.75) is 25.3 Å². The summed E-state index contributed by atoms with van der Waals surface area (Å²) in [7, 11) is 5.84. The summed E-state index contributed by atoms with van der Waals surface area (Å²) in [6, 6.07) is 9.66. The predicted molar refractivity (Wildman–Crippen MR) is 90.9 cm³/mol. The van der Waals surface area contributed by atoms with Gasteiger partial charge in [-0.3, -0.25) is 9.59 Å². The van der Waals surface area contributed by atoms with E-state index in [2.05, 4.69) is 10.2 Å². The lowest BCUT2D eigenvalue weighted by Crippen LogP contribution is -2.46. The number of carbonyl (C=O) groups excluding carboxylic acids is 2. The van der Waals surface area contributed by atoms with Crippen LogP contribution in [0.15, 0.2) is 30.3 Å². The number of piperidine rings is 1. The van der Waals surface area contributed by atoms with Gasteiger partial charge < -0.3 is 15.1 Å². The van der Waals surface area contributed by atoms with Gasteiger partial charge in [0.2, 0.25) is 11.8 Å². The molecule has 0 aromatic heterocycles. The second-order valence-electron chi connectivity index (χ2n) is 6.45. The summed E-state index contributed by atoms with van der Waals surface area (Å²) in [4.78, 5) is 28.5. The summed E-state index contributed by atoms with van der Waals surface area (Å²) in [6.45, 7) is 1.62. The van der Waals surface area contributed by atoms with Gasteiger partial charge in [0, 0.05) is 20.0 Å². The van der Waals surface area contributed by atoms with E-state index >= 15 is 0 Å². The Balaban J connectivity index is 2.05. The van der Waals surface area contributed by atoms with Gasteiger partial charge in [0.1, 0.15) is 0 Å². The van der Waals surface area contributed by atoms with E-state index in [1.807, 2.05) is 44.4 Å². The maximum atomic E-state index is 12.6. The number of nitrogens with zero attached hydrogens (tertiary/aromatic N) is 2. The fourth-order valence-corrected chi connectivity index (χ4v) is 3.16. The van der Waals surface area contributed by atoms with E-state index in [1.54, 1.807) is 11.9 Å². The Morgan fingerprint density at radius 1 is 1.30 bits per heavy atom. The molecule has 5 nitrogen and oxygen atoms in total. The minimum absolute atomic E-state index is 0.0527. The maximum Gasteiger partial charge on any atom is 0.225 e. The SMILES string of the molecule is CN(C)CCCNC(=O)[C@H]1CCC(=O)N(C)[C@@H]1c1ccccc1. The predicted octanol–water partition coefficient (Wildman–Crippen LogP) is 1.66. The fourth-order valence-electron chi connectivity index (χ4n) is 3.16. The molecule has 2 amide bonds. The van der Waals surface area contributed by atoms with Crippen LogP contribution in [0.5, 0.6) is 0 Å². The molecule has 0 saturated carbocycles. The number of hydrogen-bond acceptors (Lipinski definition) is 3. The van der Waals surface area contributed by atoms with Gasteiger partial charge in [-0.25, -0.2) is 0 Å². The highest BCUT2D eigenvalue weighted by atomic mass is 16.2. The quantitative estimate of drug-likeness (QED) is 0.812. The van der Waals surface area contributed by atoms with Crippen molar-refractivity contribution in [2.24, 2.45) is 5.92 Å². The summed E-state index contributed by atoms with van der Waals surface area (Å²) < 4.78 is 0. The lowest BCUT2D eigenvalue weighted by Gasteiger charge is -2.38. The molecule has 1 aliphatic rings. The third kappa shape index (κ3) is 4.55. The van der Waals surface area contributed by atoms with Gasteiger partial charge in [0.25, 0.3) is 0 Å². The van der Waals surface area contributed by atoms with E-state index in [0.717, 1.165) is 18.5 Å². The molecular weight excluding hydrogens is 290 g/mol. The molecule has 5 heteroatoms. The summed E-state index contributed by atoms with van der Waals surface area (Å²) in [5, 5.41) is 3.04. The maximum absolute atomic E-state index is 12.6. The zero-order valence-electron chi connectivity index (χ0n) is 14.3. The topological polar surface area (TPSA) is 52.7 Å². The van der Waals surface area contributed by atoms with Gasteiger partial charge in [-0.2, -0.15) is 0 Å². The van der Waals surface area contributed by atoms with Crippen molar-refractivity contribution < 1.29 is 9.59 Å². The van der Waals surface area contributed by atoms with Crippen molar-refractivity contribution in [2.75, 3.05) is 34.2 Å². The third-order valence-corrected chi connectivity index (χ3v) is 4.42. The van der Waals surface area contributed by atoms with Crippen LogP contribution in [0.1, 0.15) is 30.9 Å². The molecule has 1 saturated heterocycles. The highest BCUT2D eigenvalue weighted by molar-refractivity contribution is 5.84. The number of rotatable bonds is 6. The van der Waals surface area contributed by atoms with Gasteiger partial charge >= 0.3 is 0 Å². The highest BCUT2D eigenvalue weighted by Gasteiger charge is 2.38. The zero-order chi connectivity index (χ0) is 16.8. The molecule has 0 spiro atoms. The summed E-state index contributed by atoms with van der Waals surface area (Å²) in [5.74, 6) is -0.0214. The molecule has 1 N–H and O–H groups in total. The first-order valence-electron chi connectivity index (χ1n) is 8.23. The van der Waals surface area contributed by atoms with Crippen molar-refractivity contribution in [3.63, 3.8) is 0 Å². The molecule has 2 rings (SSSR count). The first-order valence-corrected chi connectivity index (χ1v) is 8.23. The Bertz CT molecular complexity index is 530. The molecule has 1 aliphatic heterocycles. The lowest BCUT2D eigenvalue weighted by atomic mass is 9.84. The fraction of sp³-hybridized carbons (Fsp3) is 0.556. The Labute approximate surface area is 138 Å². The van der Waals surface area contributed by atoms with Crippen LogP contribution in [-0.2, 0) is 9.59 Å². The largest absolute Gasteiger partial charge is 0.356 e. The molecule has 1 fully saturated rings. The Morgan fingerprint density at radius 3 is 2.65 bits per heavy atom. The van der Waals surface area contributed by atoms with Crippen LogP contribution in [0.4, 0.5) is 0 Å². The van der Waals surface area contributed by atoms with Crippen LogP contribution >= 0.6 is 0 Å². The van der Waals surface area contributed by atoms with Crippen molar-refractivity contribution >= 4 is 11.8 Å². The van der Waals surface area contributed by atoms with Crippen molar-refractivity contribution in [3.8, 4) is 0 Å². The minimum Gasteiger partial charge on any atom is -0.356 e. The molecular formula is C18H27N3O2. The minimum atomic E-state index is -0.181. The molecule has 1 aromatic carbocycles. The van der Waals surface area contributed by atoms with Crippen molar-refractivity contribution in [3.05, 3.63) is 35.9 Å². The van der Waals surface area contributed by atoms with Crippen LogP contribution in [0.3, 0.4) is 0 Å². The van der Waals surface area contributed by atoms with E-state index in [4.69, 9.17) is 0 Å². The first-order chi connectivity index (χ1) is 11.0. The van der Waals surface area contributed by atoms with Crippen LogP contribution in [-0.4, -0.2) is 55.8 Å². The second kappa shape index (κ2) is 8.11. The lowest BCUT2D eigenvalue weighted by molar-refractivity contribution is -0.141. The first kappa shape index (κ1) is 17.5.